The average Bonchev–Trinajstić information content (AvgIpc) is 2.67. The summed E-state index contributed by atoms with van der Waals surface area (Å²) in [6.07, 6.45) is 2.03. The highest BCUT2D eigenvalue weighted by molar-refractivity contribution is 5.77. The van der Waals surface area contributed by atoms with Crippen LogP contribution in [-0.2, 0) is 4.79 Å². The number of amides is 2. The molecule has 1 saturated heterocycles. The van der Waals surface area contributed by atoms with E-state index in [1.54, 1.807) is 16.8 Å². The van der Waals surface area contributed by atoms with Crippen LogP contribution in [0, 0.1) is 11.8 Å². The van der Waals surface area contributed by atoms with Crippen molar-refractivity contribution >= 4 is 12.0 Å². The highest BCUT2D eigenvalue weighted by Gasteiger charge is 2.37. The van der Waals surface area contributed by atoms with Gasteiger partial charge in [-0.25, -0.2) is 4.79 Å². The molecule has 5 nitrogen and oxygen atoms in total. The van der Waals surface area contributed by atoms with Gasteiger partial charge in [-0.05, 0) is 12.3 Å². The monoisotopic (exact) mass is 242 g/mol. The first kappa shape index (κ1) is 13.8. The number of carboxylic acid groups (broad SMARTS) is 1. The average molecular weight is 242 g/mol. The summed E-state index contributed by atoms with van der Waals surface area (Å²) < 4.78 is 0. The molecule has 0 aromatic rings. The summed E-state index contributed by atoms with van der Waals surface area (Å²) in [6, 6.07) is -0.0472. The molecule has 0 spiro atoms. The molecule has 98 valence electrons. The van der Waals surface area contributed by atoms with Crippen molar-refractivity contribution in [2.75, 3.05) is 26.7 Å². The number of carbonyl (C=O) groups excluding carboxylic acids is 1. The number of rotatable bonds is 4. The van der Waals surface area contributed by atoms with Gasteiger partial charge in [0.15, 0.2) is 0 Å². The third-order valence-electron chi connectivity index (χ3n) is 3.37. The normalized spacial score (nSPS) is 23.8. The molecule has 1 aliphatic rings. The predicted molar refractivity (Wildman–Crippen MR) is 64.8 cm³/mol. The van der Waals surface area contributed by atoms with Crippen LogP contribution in [-0.4, -0.2) is 53.6 Å². The minimum absolute atomic E-state index is 0.0380. The van der Waals surface area contributed by atoms with Crippen LogP contribution in [0.3, 0.4) is 0 Å². The highest BCUT2D eigenvalue weighted by atomic mass is 16.4. The van der Waals surface area contributed by atoms with E-state index in [1.807, 2.05) is 6.92 Å². The lowest BCUT2D eigenvalue weighted by atomic mass is 9.99. The Kier molecular flexibility index (Phi) is 4.78. The van der Waals surface area contributed by atoms with Crippen LogP contribution in [0.1, 0.15) is 26.7 Å². The molecule has 1 heterocycles. The molecular weight excluding hydrogens is 220 g/mol. The number of hydrogen-bond donors (Lipinski definition) is 1. The number of urea groups is 1. The Hall–Kier alpha value is -1.26. The Bertz CT molecular complexity index is 293. The number of hydrogen-bond acceptors (Lipinski definition) is 2. The standard InChI is InChI=1S/C12H22N2O3/c1-4-5-6-13(3)12(17)14-7-9(2)10(8-14)11(15)16/h9-10H,4-8H2,1-3H3,(H,15,16). The number of carboxylic acids is 1. The molecule has 0 aromatic heterocycles. The minimum Gasteiger partial charge on any atom is -0.481 e. The van der Waals surface area contributed by atoms with Crippen molar-refractivity contribution in [2.24, 2.45) is 11.8 Å². The molecule has 0 aliphatic carbocycles. The third-order valence-corrected chi connectivity index (χ3v) is 3.37. The molecule has 17 heavy (non-hydrogen) atoms. The minimum atomic E-state index is -0.802. The quantitative estimate of drug-likeness (QED) is 0.812. The van der Waals surface area contributed by atoms with Gasteiger partial charge in [-0.3, -0.25) is 4.79 Å². The van der Waals surface area contributed by atoms with Crippen molar-refractivity contribution in [3.63, 3.8) is 0 Å². The van der Waals surface area contributed by atoms with Crippen LogP contribution >= 0.6 is 0 Å². The first-order chi connectivity index (χ1) is 7.97. The van der Waals surface area contributed by atoms with Crippen LogP contribution in [0.15, 0.2) is 0 Å². The molecule has 2 amide bonds. The molecule has 2 atom stereocenters. The second-order valence-electron chi connectivity index (χ2n) is 4.88. The van der Waals surface area contributed by atoms with Gasteiger partial charge in [0.25, 0.3) is 0 Å². The number of likely N-dealkylation sites (tertiary alicyclic amines) is 1. The molecule has 5 heteroatoms. The van der Waals surface area contributed by atoms with Crippen LogP contribution in [0.4, 0.5) is 4.79 Å². The number of nitrogens with zero attached hydrogens (tertiary/aromatic N) is 2. The third kappa shape index (κ3) is 3.35. The molecule has 1 fully saturated rings. The van der Waals surface area contributed by atoms with Gasteiger partial charge in [0.05, 0.1) is 5.92 Å². The van der Waals surface area contributed by atoms with Gasteiger partial charge < -0.3 is 14.9 Å². The van der Waals surface area contributed by atoms with Crippen molar-refractivity contribution in [1.29, 1.82) is 0 Å². The molecule has 0 aromatic carbocycles. The summed E-state index contributed by atoms with van der Waals surface area (Å²) in [6.45, 7) is 5.59. The van der Waals surface area contributed by atoms with Crippen molar-refractivity contribution in [1.82, 2.24) is 9.80 Å². The maximum absolute atomic E-state index is 12.0. The van der Waals surface area contributed by atoms with Crippen molar-refractivity contribution < 1.29 is 14.7 Å². The largest absolute Gasteiger partial charge is 0.481 e. The number of unbranched alkanes of at least 4 members (excludes halogenated alkanes) is 1. The summed E-state index contributed by atoms with van der Waals surface area (Å²) in [5.41, 5.74) is 0. The summed E-state index contributed by atoms with van der Waals surface area (Å²) in [5.74, 6) is -1.18. The Morgan fingerprint density at radius 3 is 2.53 bits per heavy atom. The predicted octanol–water partition coefficient (Wildman–Crippen LogP) is 1.49. The van der Waals surface area contributed by atoms with E-state index < -0.39 is 11.9 Å². The lowest BCUT2D eigenvalue weighted by Gasteiger charge is -2.24. The SMILES string of the molecule is CCCCN(C)C(=O)N1CC(C)C(C(=O)O)C1. The first-order valence-electron chi connectivity index (χ1n) is 6.20. The Morgan fingerprint density at radius 1 is 1.41 bits per heavy atom. The maximum Gasteiger partial charge on any atom is 0.319 e. The molecule has 0 radical (unpaired) electrons. The van der Waals surface area contributed by atoms with E-state index in [0.717, 1.165) is 19.4 Å². The fourth-order valence-corrected chi connectivity index (χ4v) is 2.18. The molecule has 1 rings (SSSR count). The van der Waals surface area contributed by atoms with Crippen LogP contribution in [0.2, 0.25) is 0 Å². The van der Waals surface area contributed by atoms with E-state index in [9.17, 15) is 9.59 Å². The molecular formula is C12H22N2O3. The highest BCUT2D eigenvalue weighted by Crippen LogP contribution is 2.23. The second kappa shape index (κ2) is 5.89. The van der Waals surface area contributed by atoms with Crippen molar-refractivity contribution in [3.8, 4) is 0 Å². The fourth-order valence-electron chi connectivity index (χ4n) is 2.18. The van der Waals surface area contributed by atoms with Crippen LogP contribution in [0.25, 0.3) is 0 Å². The summed E-state index contributed by atoms with van der Waals surface area (Å²) in [4.78, 5) is 26.3. The smallest absolute Gasteiger partial charge is 0.319 e. The van der Waals surface area contributed by atoms with Gasteiger partial charge >= 0.3 is 12.0 Å². The Labute approximate surface area is 102 Å². The Balaban J connectivity index is 2.52. The fraction of sp³-hybridized carbons (Fsp3) is 0.833. The molecule has 1 aliphatic heterocycles. The zero-order chi connectivity index (χ0) is 13.0. The molecule has 1 N–H and O–H groups in total. The van der Waals surface area contributed by atoms with E-state index in [2.05, 4.69) is 6.92 Å². The topological polar surface area (TPSA) is 60.9 Å². The summed E-state index contributed by atoms with van der Waals surface area (Å²) >= 11 is 0. The van der Waals surface area contributed by atoms with Gasteiger partial charge in [0, 0.05) is 26.7 Å². The van der Waals surface area contributed by atoms with Crippen molar-refractivity contribution in [3.05, 3.63) is 0 Å². The van der Waals surface area contributed by atoms with Gasteiger partial charge in [0.2, 0.25) is 0 Å². The van der Waals surface area contributed by atoms with Crippen LogP contribution < -0.4 is 0 Å². The summed E-state index contributed by atoms with van der Waals surface area (Å²) in [7, 11) is 1.77. The lowest BCUT2D eigenvalue weighted by molar-refractivity contribution is -0.142. The van der Waals surface area contributed by atoms with E-state index in [4.69, 9.17) is 5.11 Å². The summed E-state index contributed by atoms with van der Waals surface area (Å²) in [5, 5.41) is 9.01. The Morgan fingerprint density at radius 2 is 2.06 bits per heavy atom. The molecule has 0 saturated carbocycles. The van der Waals surface area contributed by atoms with Gasteiger partial charge in [0.1, 0.15) is 0 Å². The van der Waals surface area contributed by atoms with Gasteiger partial charge in [-0.1, -0.05) is 20.3 Å². The zero-order valence-electron chi connectivity index (χ0n) is 10.8. The molecule has 2 unspecified atom stereocenters. The van der Waals surface area contributed by atoms with E-state index in [0.29, 0.717) is 13.1 Å². The second-order valence-corrected chi connectivity index (χ2v) is 4.88. The van der Waals surface area contributed by atoms with E-state index in [-0.39, 0.29) is 11.9 Å². The lowest BCUT2D eigenvalue weighted by Crippen LogP contribution is -2.40. The molecule has 0 bridgehead atoms. The van der Waals surface area contributed by atoms with Gasteiger partial charge in [-0.15, -0.1) is 0 Å². The van der Waals surface area contributed by atoms with Crippen LogP contribution in [0.5, 0.6) is 0 Å². The van der Waals surface area contributed by atoms with E-state index >= 15 is 0 Å². The first-order valence-corrected chi connectivity index (χ1v) is 6.20. The number of carbonyl (C=O) groups is 2. The van der Waals surface area contributed by atoms with E-state index in [1.165, 1.54) is 0 Å². The number of aliphatic carboxylic acids is 1. The van der Waals surface area contributed by atoms with Crippen molar-refractivity contribution in [2.45, 2.75) is 26.7 Å². The van der Waals surface area contributed by atoms with Gasteiger partial charge in [-0.2, -0.15) is 0 Å². The zero-order valence-corrected chi connectivity index (χ0v) is 10.8. The maximum atomic E-state index is 12.0.